The second-order valence-electron chi connectivity index (χ2n) is 6.52. The molecule has 27 heavy (non-hydrogen) atoms. The largest absolute Gasteiger partial charge is 0.445 e. The summed E-state index contributed by atoms with van der Waals surface area (Å²) in [5.74, 6) is -1.04. The summed E-state index contributed by atoms with van der Waals surface area (Å²) in [6, 6.07) is 9.53. The third-order valence-electron chi connectivity index (χ3n) is 4.54. The fourth-order valence-electron chi connectivity index (χ4n) is 2.97. The van der Waals surface area contributed by atoms with E-state index in [2.05, 4.69) is 21.2 Å². The number of fused-ring (bicyclic) bond motifs is 1. The number of halogens is 1. The average Bonchev–Trinajstić information content (AvgIpc) is 2.62. The standard InChI is InChI=1S/C19H17BrN2O5/c1-3-11-4-6-14-12(8-11)10-19(2,27-17(14)23)18(24)21-16-7-5-13(22(25)26)9-15(16)20/h4-9H,3,10H2,1-2H3,(H,21,24). The van der Waals surface area contributed by atoms with E-state index >= 15 is 0 Å². The number of benzene rings is 2. The number of non-ortho nitro benzene ring substituents is 1. The zero-order valence-corrected chi connectivity index (χ0v) is 16.3. The first-order valence-corrected chi connectivity index (χ1v) is 9.13. The second-order valence-corrected chi connectivity index (χ2v) is 7.37. The fourth-order valence-corrected chi connectivity index (χ4v) is 3.44. The van der Waals surface area contributed by atoms with Crippen molar-refractivity contribution in [2.24, 2.45) is 0 Å². The van der Waals surface area contributed by atoms with Crippen LogP contribution in [0.4, 0.5) is 11.4 Å². The molecule has 0 saturated carbocycles. The molecule has 3 rings (SSSR count). The van der Waals surface area contributed by atoms with E-state index in [4.69, 9.17) is 4.74 Å². The zero-order valence-electron chi connectivity index (χ0n) is 14.7. The highest BCUT2D eigenvalue weighted by Gasteiger charge is 2.43. The van der Waals surface area contributed by atoms with E-state index in [1.807, 2.05) is 19.1 Å². The van der Waals surface area contributed by atoms with Gasteiger partial charge >= 0.3 is 5.97 Å². The highest BCUT2D eigenvalue weighted by atomic mass is 79.9. The number of carbonyl (C=O) groups excluding carboxylic acids is 2. The second kappa shape index (κ2) is 7.11. The van der Waals surface area contributed by atoms with Gasteiger partial charge in [0, 0.05) is 23.0 Å². The Morgan fingerprint density at radius 3 is 2.70 bits per heavy atom. The molecule has 2 aromatic carbocycles. The van der Waals surface area contributed by atoms with E-state index in [-0.39, 0.29) is 12.1 Å². The minimum Gasteiger partial charge on any atom is -0.445 e. The fraction of sp³-hybridized carbons (Fsp3) is 0.263. The third-order valence-corrected chi connectivity index (χ3v) is 5.19. The lowest BCUT2D eigenvalue weighted by Gasteiger charge is -2.33. The van der Waals surface area contributed by atoms with Gasteiger partial charge in [-0.1, -0.05) is 19.1 Å². The molecular weight excluding hydrogens is 416 g/mol. The molecule has 0 saturated heterocycles. The van der Waals surface area contributed by atoms with Crippen molar-refractivity contribution >= 4 is 39.2 Å². The minimum absolute atomic E-state index is 0.101. The maximum absolute atomic E-state index is 12.8. The summed E-state index contributed by atoms with van der Waals surface area (Å²) >= 11 is 3.22. The monoisotopic (exact) mass is 432 g/mol. The smallest absolute Gasteiger partial charge is 0.339 e. The number of hydrogen-bond donors (Lipinski definition) is 1. The number of anilines is 1. The Morgan fingerprint density at radius 1 is 1.33 bits per heavy atom. The average molecular weight is 433 g/mol. The summed E-state index contributed by atoms with van der Waals surface area (Å²) in [6.45, 7) is 3.57. The van der Waals surface area contributed by atoms with Crippen LogP contribution < -0.4 is 5.32 Å². The van der Waals surface area contributed by atoms with Crippen molar-refractivity contribution in [1.29, 1.82) is 0 Å². The van der Waals surface area contributed by atoms with Crippen LogP contribution in [0.25, 0.3) is 0 Å². The van der Waals surface area contributed by atoms with Gasteiger partial charge in [-0.3, -0.25) is 14.9 Å². The molecule has 0 bridgehead atoms. The van der Waals surface area contributed by atoms with E-state index in [1.54, 1.807) is 13.0 Å². The first-order valence-electron chi connectivity index (χ1n) is 8.34. The third kappa shape index (κ3) is 3.71. The molecule has 8 heteroatoms. The van der Waals surface area contributed by atoms with Crippen molar-refractivity contribution < 1.29 is 19.2 Å². The lowest BCUT2D eigenvalue weighted by Crippen LogP contribution is -2.49. The molecule has 1 amide bonds. The molecule has 1 unspecified atom stereocenters. The van der Waals surface area contributed by atoms with E-state index in [0.717, 1.165) is 17.5 Å². The molecule has 0 aliphatic carbocycles. The molecule has 1 aliphatic heterocycles. The summed E-state index contributed by atoms with van der Waals surface area (Å²) < 4.78 is 5.80. The molecule has 140 valence electrons. The molecule has 0 spiro atoms. The van der Waals surface area contributed by atoms with Gasteiger partial charge in [-0.05, 0) is 52.5 Å². The molecule has 0 aromatic heterocycles. The number of cyclic esters (lactones) is 1. The van der Waals surface area contributed by atoms with Gasteiger partial charge < -0.3 is 10.1 Å². The Morgan fingerprint density at radius 2 is 2.07 bits per heavy atom. The van der Waals surface area contributed by atoms with Gasteiger partial charge in [0.1, 0.15) is 0 Å². The number of esters is 1. The lowest BCUT2D eigenvalue weighted by atomic mass is 9.88. The molecular formula is C19H17BrN2O5. The van der Waals surface area contributed by atoms with Crippen LogP contribution in [0.2, 0.25) is 0 Å². The zero-order chi connectivity index (χ0) is 19.8. The minimum atomic E-state index is -1.38. The first kappa shape index (κ1) is 19.0. The van der Waals surface area contributed by atoms with Crippen molar-refractivity contribution in [1.82, 2.24) is 0 Å². The topological polar surface area (TPSA) is 98.5 Å². The molecule has 1 N–H and O–H groups in total. The van der Waals surface area contributed by atoms with E-state index in [9.17, 15) is 19.7 Å². The Labute approximate surface area is 164 Å². The molecule has 0 fully saturated rings. The van der Waals surface area contributed by atoms with Crippen LogP contribution in [0.3, 0.4) is 0 Å². The van der Waals surface area contributed by atoms with Gasteiger partial charge in [-0.2, -0.15) is 0 Å². The van der Waals surface area contributed by atoms with Gasteiger partial charge in [-0.15, -0.1) is 0 Å². The van der Waals surface area contributed by atoms with Crippen molar-refractivity contribution in [3.05, 3.63) is 67.7 Å². The molecule has 0 radical (unpaired) electrons. The number of ether oxygens (including phenoxy) is 1. The SMILES string of the molecule is CCc1ccc2c(c1)CC(C)(C(=O)Nc1ccc([N+](=O)[O-])cc1Br)OC2=O. The number of rotatable bonds is 4. The predicted octanol–water partition coefficient (Wildman–Crippen LogP) is 4.03. The van der Waals surface area contributed by atoms with E-state index in [0.29, 0.717) is 15.7 Å². The lowest BCUT2D eigenvalue weighted by molar-refractivity contribution is -0.384. The summed E-state index contributed by atoms with van der Waals surface area (Å²) in [4.78, 5) is 35.5. The maximum atomic E-state index is 12.8. The number of nitrogens with zero attached hydrogens (tertiary/aromatic N) is 1. The summed E-state index contributed by atoms with van der Waals surface area (Å²) in [6.07, 6.45) is 1.07. The molecule has 7 nitrogen and oxygen atoms in total. The van der Waals surface area contributed by atoms with Gasteiger partial charge in [0.15, 0.2) is 5.60 Å². The van der Waals surface area contributed by atoms with Crippen LogP contribution in [0.15, 0.2) is 40.9 Å². The number of hydrogen-bond acceptors (Lipinski definition) is 5. The summed E-state index contributed by atoms with van der Waals surface area (Å²) in [7, 11) is 0. The Balaban J connectivity index is 1.86. The number of nitro groups is 1. The number of nitro benzene ring substituents is 1. The van der Waals surface area contributed by atoms with Crippen molar-refractivity contribution in [2.75, 3.05) is 5.32 Å². The van der Waals surface area contributed by atoms with Crippen LogP contribution in [0.5, 0.6) is 0 Å². The Kier molecular flexibility index (Phi) is 5.01. The summed E-state index contributed by atoms with van der Waals surface area (Å²) in [5.41, 5.74) is 1.19. The van der Waals surface area contributed by atoms with Crippen LogP contribution in [0, 0.1) is 10.1 Å². The summed E-state index contributed by atoms with van der Waals surface area (Å²) in [5, 5.41) is 13.5. The van der Waals surface area contributed by atoms with Crippen LogP contribution in [0.1, 0.15) is 35.3 Å². The number of carbonyl (C=O) groups is 2. The van der Waals surface area contributed by atoms with Crippen LogP contribution >= 0.6 is 15.9 Å². The Bertz CT molecular complexity index is 959. The maximum Gasteiger partial charge on any atom is 0.339 e. The van der Waals surface area contributed by atoms with E-state index < -0.39 is 22.4 Å². The first-order chi connectivity index (χ1) is 12.7. The number of aryl methyl sites for hydroxylation is 1. The molecule has 1 heterocycles. The quantitative estimate of drug-likeness (QED) is 0.446. The number of amides is 1. The molecule has 2 aromatic rings. The molecule has 1 aliphatic rings. The predicted molar refractivity (Wildman–Crippen MR) is 103 cm³/mol. The number of nitrogens with one attached hydrogen (secondary N) is 1. The van der Waals surface area contributed by atoms with Crippen molar-refractivity contribution in [2.45, 2.75) is 32.3 Å². The van der Waals surface area contributed by atoms with Gasteiger partial charge in [0.05, 0.1) is 16.2 Å². The van der Waals surface area contributed by atoms with Gasteiger partial charge in [-0.25, -0.2) is 4.79 Å². The van der Waals surface area contributed by atoms with Gasteiger partial charge in [0.25, 0.3) is 11.6 Å². The highest BCUT2D eigenvalue weighted by molar-refractivity contribution is 9.10. The van der Waals surface area contributed by atoms with Crippen molar-refractivity contribution in [3.8, 4) is 0 Å². The van der Waals surface area contributed by atoms with Gasteiger partial charge in [0.2, 0.25) is 0 Å². The van der Waals surface area contributed by atoms with Crippen molar-refractivity contribution in [3.63, 3.8) is 0 Å². The molecule has 1 atom stereocenters. The van der Waals surface area contributed by atoms with E-state index in [1.165, 1.54) is 18.2 Å². The van der Waals surface area contributed by atoms with Crippen LogP contribution in [-0.2, 0) is 22.4 Å². The Hall–Kier alpha value is -2.74. The van der Waals surface area contributed by atoms with Crippen LogP contribution in [-0.4, -0.2) is 22.4 Å². The normalized spacial score (nSPS) is 18.4. The highest BCUT2D eigenvalue weighted by Crippen LogP contribution is 2.32.